The molecular formula is C5H9BrO4. The Kier molecular flexibility index (Phi) is 10.2. The number of halogens is 1. The Morgan fingerprint density at radius 1 is 1.60 bits per heavy atom. The normalized spacial score (nSPS) is 7.10. The molecule has 0 bridgehead atoms. The van der Waals surface area contributed by atoms with Crippen LogP contribution in [-0.2, 0) is 14.3 Å². The van der Waals surface area contributed by atoms with Crippen molar-refractivity contribution in [3.63, 3.8) is 0 Å². The van der Waals surface area contributed by atoms with Crippen LogP contribution in [0.25, 0.3) is 0 Å². The van der Waals surface area contributed by atoms with Crippen molar-refractivity contribution in [2.75, 3.05) is 12.4 Å². The van der Waals surface area contributed by atoms with Gasteiger partial charge in [0, 0.05) is 6.92 Å². The van der Waals surface area contributed by atoms with Crippen LogP contribution in [-0.4, -0.2) is 29.5 Å². The van der Waals surface area contributed by atoms with E-state index >= 15 is 0 Å². The molecular weight excluding hydrogens is 204 g/mol. The number of hydrogen-bond acceptors (Lipinski definition) is 3. The van der Waals surface area contributed by atoms with Crippen LogP contribution in [0.1, 0.15) is 6.92 Å². The maximum absolute atomic E-state index is 9.59. The molecule has 10 heavy (non-hydrogen) atoms. The Hall–Kier alpha value is -0.580. The monoisotopic (exact) mass is 212 g/mol. The predicted molar refractivity (Wildman–Crippen MR) is 39.1 cm³/mol. The molecule has 0 unspecified atom stereocenters. The van der Waals surface area contributed by atoms with Crippen LogP contribution in [0, 0.1) is 0 Å². The van der Waals surface area contributed by atoms with E-state index in [0.29, 0.717) is 0 Å². The van der Waals surface area contributed by atoms with Gasteiger partial charge in [-0.3, -0.25) is 9.59 Å². The minimum absolute atomic E-state index is 0.0347. The number of hydrogen-bond donors (Lipinski definition) is 1. The molecule has 1 N–H and O–H groups in total. The lowest BCUT2D eigenvalue weighted by Gasteiger charge is -1.80. The van der Waals surface area contributed by atoms with Crippen molar-refractivity contribution in [1.29, 1.82) is 0 Å². The minimum atomic E-state index is -0.829. The third-order valence-corrected chi connectivity index (χ3v) is 0.881. The maximum Gasteiger partial charge on any atom is 0.314 e. The highest BCUT2D eigenvalue weighted by Crippen LogP contribution is 1.73. The van der Waals surface area contributed by atoms with Gasteiger partial charge < -0.3 is 9.84 Å². The van der Waals surface area contributed by atoms with Gasteiger partial charge in [-0.25, -0.2) is 0 Å². The number of carboxylic acids is 1. The molecule has 0 fully saturated rings. The van der Waals surface area contributed by atoms with Crippen molar-refractivity contribution in [3.05, 3.63) is 0 Å². The van der Waals surface area contributed by atoms with E-state index in [0.717, 1.165) is 0 Å². The summed E-state index contributed by atoms with van der Waals surface area (Å²) >= 11 is 2.71. The zero-order chi connectivity index (χ0) is 8.57. The maximum atomic E-state index is 9.59. The number of carbonyl (C=O) groups excluding carboxylic acids is 1. The van der Waals surface area contributed by atoms with Gasteiger partial charge in [0.05, 0.1) is 7.11 Å². The molecule has 0 atom stereocenters. The molecule has 0 aromatic heterocycles. The third kappa shape index (κ3) is 26.1. The van der Waals surface area contributed by atoms with Crippen molar-refractivity contribution < 1.29 is 19.4 Å². The first-order valence-corrected chi connectivity index (χ1v) is 3.49. The largest absolute Gasteiger partial charge is 0.481 e. The van der Waals surface area contributed by atoms with Gasteiger partial charge >= 0.3 is 11.9 Å². The smallest absolute Gasteiger partial charge is 0.314 e. The van der Waals surface area contributed by atoms with E-state index < -0.39 is 5.97 Å². The number of methoxy groups -OCH3 is 1. The number of alkyl halides is 1. The highest BCUT2D eigenvalue weighted by atomic mass is 79.9. The second-order valence-corrected chi connectivity index (χ2v) is 1.78. The number of esters is 1. The van der Waals surface area contributed by atoms with Crippen molar-refractivity contribution in [1.82, 2.24) is 0 Å². The summed E-state index contributed by atoms with van der Waals surface area (Å²) in [5.41, 5.74) is 0. The van der Waals surface area contributed by atoms with Gasteiger partial charge in [0.1, 0.15) is 5.33 Å². The lowest BCUT2D eigenvalue weighted by atomic mass is 10.8. The first kappa shape index (κ1) is 12.1. The van der Waals surface area contributed by atoms with Gasteiger partial charge in [0.15, 0.2) is 0 Å². The number of aliphatic carboxylic acids is 1. The zero-order valence-corrected chi connectivity index (χ0v) is 7.34. The fourth-order valence-electron chi connectivity index (χ4n) is 0. The molecule has 0 radical (unpaired) electrons. The second-order valence-electron chi connectivity index (χ2n) is 1.22. The van der Waals surface area contributed by atoms with Crippen molar-refractivity contribution >= 4 is 27.9 Å². The van der Waals surface area contributed by atoms with Crippen LogP contribution in [0.4, 0.5) is 0 Å². The molecule has 4 nitrogen and oxygen atoms in total. The van der Waals surface area contributed by atoms with Crippen LogP contribution < -0.4 is 0 Å². The van der Waals surface area contributed by atoms with E-state index in [4.69, 9.17) is 5.11 Å². The van der Waals surface area contributed by atoms with E-state index in [1.54, 1.807) is 0 Å². The van der Waals surface area contributed by atoms with Gasteiger partial charge in [-0.15, -0.1) is 0 Å². The standard InChI is InChI=1S/C3H6O2.C2H3BrO2/c1-3(4)5-2;3-1-2(4)5/h1-2H3;1H2,(H,4,5). The lowest BCUT2D eigenvalue weighted by Crippen LogP contribution is -1.92. The highest BCUT2D eigenvalue weighted by Gasteiger charge is 1.83. The van der Waals surface area contributed by atoms with E-state index in [1.807, 2.05) is 0 Å². The van der Waals surface area contributed by atoms with Gasteiger partial charge in [-0.05, 0) is 0 Å². The number of ether oxygens (including phenoxy) is 1. The van der Waals surface area contributed by atoms with Gasteiger partial charge in [0.2, 0.25) is 0 Å². The Labute approximate surface area is 67.3 Å². The average molecular weight is 213 g/mol. The summed E-state index contributed by atoms with van der Waals surface area (Å²) < 4.78 is 4.11. The summed E-state index contributed by atoms with van der Waals surface area (Å²) in [6.07, 6.45) is 0. The molecule has 0 aliphatic rings. The van der Waals surface area contributed by atoms with Crippen LogP contribution in [0.15, 0.2) is 0 Å². The van der Waals surface area contributed by atoms with Crippen molar-refractivity contribution in [2.45, 2.75) is 6.92 Å². The van der Waals surface area contributed by atoms with Crippen LogP contribution in [0.3, 0.4) is 0 Å². The SMILES string of the molecule is COC(C)=O.O=C(O)CBr. The molecule has 0 spiro atoms. The van der Waals surface area contributed by atoms with Crippen LogP contribution in [0.2, 0.25) is 0 Å². The molecule has 0 saturated heterocycles. The highest BCUT2D eigenvalue weighted by molar-refractivity contribution is 9.09. The number of rotatable bonds is 1. The second kappa shape index (κ2) is 8.42. The summed E-state index contributed by atoms with van der Waals surface area (Å²) in [5.74, 6) is -1.07. The topological polar surface area (TPSA) is 63.6 Å². The van der Waals surface area contributed by atoms with Crippen LogP contribution >= 0.6 is 15.9 Å². The Morgan fingerprint density at radius 2 is 1.80 bits per heavy atom. The molecule has 0 heterocycles. The fraction of sp³-hybridized carbons (Fsp3) is 0.600. The molecule has 0 amide bonds. The Bertz CT molecular complexity index is 98.2. The Balaban J connectivity index is 0. The van der Waals surface area contributed by atoms with E-state index in [1.165, 1.54) is 14.0 Å². The molecule has 0 aromatic rings. The minimum Gasteiger partial charge on any atom is -0.481 e. The van der Waals surface area contributed by atoms with Gasteiger partial charge in [0.25, 0.3) is 0 Å². The van der Waals surface area contributed by atoms with Gasteiger partial charge in [-0.2, -0.15) is 0 Å². The quantitative estimate of drug-likeness (QED) is 0.512. The molecule has 5 heteroatoms. The third-order valence-electron chi connectivity index (χ3n) is 0.402. The molecule has 60 valence electrons. The number of carboxylic acid groups (broad SMARTS) is 1. The predicted octanol–water partition coefficient (Wildman–Crippen LogP) is 0.645. The van der Waals surface area contributed by atoms with E-state index in [9.17, 15) is 9.59 Å². The average Bonchev–Trinajstić information content (AvgIpc) is 1.89. The summed E-state index contributed by atoms with van der Waals surface area (Å²) in [5, 5.41) is 7.71. The summed E-state index contributed by atoms with van der Waals surface area (Å²) in [6.45, 7) is 1.36. The van der Waals surface area contributed by atoms with E-state index in [2.05, 4.69) is 20.7 Å². The summed E-state index contributed by atoms with van der Waals surface area (Å²) in [4.78, 5) is 18.9. The lowest BCUT2D eigenvalue weighted by molar-refractivity contribution is -0.138. The molecule has 0 aliphatic carbocycles. The first-order chi connectivity index (χ1) is 4.54. The van der Waals surface area contributed by atoms with Crippen molar-refractivity contribution in [2.24, 2.45) is 0 Å². The summed E-state index contributed by atoms with van der Waals surface area (Å²) in [6, 6.07) is 0. The summed E-state index contributed by atoms with van der Waals surface area (Å²) in [7, 11) is 1.35. The Morgan fingerprint density at radius 3 is 1.80 bits per heavy atom. The van der Waals surface area contributed by atoms with Gasteiger partial charge in [-0.1, -0.05) is 15.9 Å². The first-order valence-electron chi connectivity index (χ1n) is 2.37. The fourth-order valence-corrected chi connectivity index (χ4v) is 0. The van der Waals surface area contributed by atoms with Crippen LogP contribution in [0.5, 0.6) is 0 Å². The molecule has 0 aliphatic heterocycles. The number of carbonyl (C=O) groups is 2. The molecule has 0 aromatic carbocycles. The van der Waals surface area contributed by atoms with Crippen molar-refractivity contribution in [3.8, 4) is 0 Å². The molecule has 0 rings (SSSR count). The van der Waals surface area contributed by atoms with E-state index in [-0.39, 0.29) is 11.3 Å². The zero-order valence-electron chi connectivity index (χ0n) is 5.76. The molecule has 0 saturated carbocycles.